The van der Waals surface area contributed by atoms with Gasteiger partial charge < -0.3 is 10.6 Å². The monoisotopic (exact) mass is 390 g/mol. The highest BCUT2D eigenvalue weighted by Crippen LogP contribution is 2.32. The molecule has 0 bridgehead atoms. The van der Waals surface area contributed by atoms with Crippen LogP contribution in [0.1, 0.15) is 5.56 Å². The van der Waals surface area contributed by atoms with E-state index < -0.39 is 0 Å². The molecule has 6 heteroatoms. The zero-order valence-corrected chi connectivity index (χ0v) is 16.3. The summed E-state index contributed by atoms with van der Waals surface area (Å²) in [6.45, 7) is 2.00. The van der Waals surface area contributed by atoms with Crippen molar-refractivity contribution in [2.75, 3.05) is 10.6 Å². The van der Waals surface area contributed by atoms with Crippen LogP contribution >= 0.6 is 11.6 Å². The average Bonchev–Trinajstić information content (AvgIpc) is 3.02. The molecular formula is C22H19ClN4O. The van der Waals surface area contributed by atoms with Gasteiger partial charge in [0.2, 0.25) is 0 Å². The first-order chi connectivity index (χ1) is 13.5. The second kappa shape index (κ2) is 7.37. The van der Waals surface area contributed by atoms with E-state index >= 15 is 0 Å². The van der Waals surface area contributed by atoms with Crippen LogP contribution in [0, 0.1) is 6.92 Å². The summed E-state index contributed by atoms with van der Waals surface area (Å²) in [6.07, 6.45) is 1.61. The fourth-order valence-electron chi connectivity index (χ4n) is 3.29. The van der Waals surface area contributed by atoms with Crippen molar-refractivity contribution in [3.05, 3.63) is 77.4 Å². The number of aromatic nitrogens is 2. The van der Waals surface area contributed by atoms with Crippen molar-refractivity contribution < 1.29 is 4.79 Å². The van der Waals surface area contributed by atoms with Crippen molar-refractivity contribution >= 4 is 39.8 Å². The highest BCUT2D eigenvalue weighted by atomic mass is 35.5. The van der Waals surface area contributed by atoms with Gasteiger partial charge in [-0.05, 0) is 36.1 Å². The summed E-state index contributed by atoms with van der Waals surface area (Å²) < 4.78 is 1.73. The maximum atomic E-state index is 12.6. The molecule has 0 radical (unpaired) electrons. The van der Waals surface area contributed by atoms with Crippen molar-refractivity contribution in [2.24, 2.45) is 7.05 Å². The molecule has 5 nitrogen and oxygen atoms in total. The fourth-order valence-corrected chi connectivity index (χ4v) is 3.56. The maximum absolute atomic E-state index is 12.6. The minimum Gasteiger partial charge on any atom is -0.308 e. The summed E-state index contributed by atoms with van der Waals surface area (Å²) in [6, 6.07) is 19.2. The molecule has 4 rings (SSSR count). The Morgan fingerprint density at radius 2 is 1.82 bits per heavy atom. The number of urea groups is 1. The van der Waals surface area contributed by atoms with Crippen LogP contribution in [-0.4, -0.2) is 15.8 Å². The van der Waals surface area contributed by atoms with Crippen molar-refractivity contribution in [3.8, 4) is 11.3 Å². The molecule has 0 saturated carbocycles. The normalized spacial score (nSPS) is 10.8. The molecule has 0 aliphatic heterocycles. The van der Waals surface area contributed by atoms with Crippen molar-refractivity contribution in [3.63, 3.8) is 0 Å². The first kappa shape index (κ1) is 18.1. The SMILES string of the molecule is Cc1ccc(NC(=O)Nc2cccc3ccccc23)cc1-c1c(Cl)cnn1C. The quantitative estimate of drug-likeness (QED) is 0.461. The van der Waals surface area contributed by atoms with Gasteiger partial charge in [0.05, 0.1) is 22.6 Å². The number of amides is 2. The first-order valence-corrected chi connectivity index (χ1v) is 9.25. The lowest BCUT2D eigenvalue weighted by molar-refractivity contribution is 0.262. The third-order valence-corrected chi connectivity index (χ3v) is 4.96. The van der Waals surface area contributed by atoms with Gasteiger partial charge in [-0.2, -0.15) is 5.10 Å². The molecule has 0 aliphatic rings. The third-order valence-electron chi connectivity index (χ3n) is 4.68. The maximum Gasteiger partial charge on any atom is 0.323 e. The summed E-state index contributed by atoms with van der Waals surface area (Å²) in [5.74, 6) is 0. The van der Waals surface area contributed by atoms with Crippen LogP contribution < -0.4 is 10.6 Å². The Hall–Kier alpha value is -3.31. The number of benzene rings is 3. The standard InChI is InChI=1S/C22H19ClN4O/c1-14-10-11-16(12-18(14)21-19(23)13-24-27(21)2)25-22(28)26-20-9-5-7-15-6-3-4-8-17(15)20/h3-13H,1-2H3,(H2,25,26,28). The predicted octanol–water partition coefficient (Wildman–Crippen LogP) is 5.85. The van der Waals surface area contributed by atoms with Gasteiger partial charge in [0.1, 0.15) is 0 Å². The van der Waals surface area contributed by atoms with Crippen molar-refractivity contribution in [1.29, 1.82) is 0 Å². The van der Waals surface area contributed by atoms with Gasteiger partial charge >= 0.3 is 6.03 Å². The van der Waals surface area contributed by atoms with Crippen LogP contribution in [0.25, 0.3) is 22.0 Å². The summed E-state index contributed by atoms with van der Waals surface area (Å²) in [5.41, 5.74) is 4.23. The van der Waals surface area contributed by atoms with Gasteiger partial charge in [-0.1, -0.05) is 54.1 Å². The molecule has 0 fully saturated rings. The number of nitrogens with zero attached hydrogens (tertiary/aromatic N) is 2. The molecule has 1 heterocycles. The van der Waals surface area contributed by atoms with Gasteiger partial charge in [0.15, 0.2) is 0 Å². The second-order valence-corrected chi connectivity index (χ2v) is 7.01. The number of carbonyl (C=O) groups excluding carboxylic acids is 1. The lowest BCUT2D eigenvalue weighted by Gasteiger charge is -2.13. The van der Waals surface area contributed by atoms with Crippen LogP contribution in [0.15, 0.2) is 66.9 Å². The number of nitrogens with one attached hydrogen (secondary N) is 2. The van der Waals surface area contributed by atoms with E-state index in [1.165, 1.54) is 0 Å². The Morgan fingerprint density at radius 1 is 1.04 bits per heavy atom. The Balaban J connectivity index is 1.59. The molecular weight excluding hydrogens is 372 g/mol. The van der Waals surface area contributed by atoms with Crippen LogP contribution in [0.5, 0.6) is 0 Å². The zero-order valence-electron chi connectivity index (χ0n) is 15.5. The van der Waals surface area contributed by atoms with Gasteiger partial charge in [0, 0.05) is 23.7 Å². The van der Waals surface area contributed by atoms with Crippen LogP contribution in [0.4, 0.5) is 16.2 Å². The van der Waals surface area contributed by atoms with E-state index in [0.717, 1.165) is 33.3 Å². The lowest BCUT2D eigenvalue weighted by Crippen LogP contribution is -2.19. The van der Waals surface area contributed by atoms with E-state index in [1.807, 2.05) is 74.6 Å². The van der Waals surface area contributed by atoms with Gasteiger partial charge in [0.25, 0.3) is 0 Å². The smallest absolute Gasteiger partial charge is 0.308 e. The minimum atomic E-state index is -0.303. The van der Waals surface area contributed by atoms with E-state index in [-0.39, 0.29) is 6.03 Å². The summed E-state index contributed by atoms with van der Waals surface area (Å²) in [4.78, 5) is 12.6. The van der Waals surface area contributed by atoms with E-state index in [1.54, 1.807) is 10.9 Å². The van der Waals surface area contributed by atoms with Crippen LogP contribution in [-0.2, 0) is 7.05 Å². The van der Waals surface area contributed by atoms with E-state index in [9.17, 15) is 4.79 Å². The lowest BCUT2D eigenvalue weighted by atomic mass is 10.0. The fraction of sp³-hybridized carbons (Fsp3) is 0.0909. The highest BCUT2D eigenvalue weighted by molar-refractivity contribution is 6.33. The van der Waals surface area contributed by atoms with E-state index in [0.29, 0.717) is 10.7 Å². The third kappa shape index (κ3) is 3.44. The molecule has 0 unspecified atom stereocenters. The summed E-state index contributed by atoms with van der Waals surface area (Å²) in [5, 5.41) is 12.7. The second-order valence-electron chi connectivity index (χ2n) is 6.60. The Labute approximate surface area is 167 Å². The number of rotatable bonds is 3. The minimum absolute atomic E-state index is 0.303. The Bertz CT molecular complexity index is 1160. The number of anilines is 2. The van der Waals surface area contributed by atoms with Gasteiger partial charge in [-0.25, -0.2) is 4.79 Å². The predicted molar refractivity (Wildman–Crippen MR) is 115 cm³/mol. The van der Waals surface area contributed by atoms with Crippen molar-refractivity contribution in [2.45, 2.75) is 6.92 Å². The number of fused-ring (bicyclic) bond motifs is 1. The number of halogens is 1. The Kier molecular flexibility index (Phi) is 4.75. The average molecular weight is 391 g/mol. The number of hydrogen-bond acceptors (Lipinski definition) is 2. The molecule has 140 valence electrons. The largest absolute Gasteiger partial charge is 0.323 e. The number of carbonyl (C=O) groups is 1. The molecule has 4 aromatic rings. The van der Waals surface area contributed by atoms with Gasteiger partial charge in [-0.15, -0.1) is 0 Å². The van der Waals surface area contributed by atoms with Crippen molar-refractivity contribution in [1.82, 2.24) is 9.78 Å². The van der Waals surface area contributed by atoms with E-state index in [4.69, 9.17) is 11.6 Å². The molecule has 28 heavy (non-hydrogen) atoms. The molecule has 3 aromatic carbocycles. The summed E-state index contributed by atoms with van der Waals surface area (Å²) >= 11 is 6.29. The zero-order chi connectivity index (χ0) is 19.7. The molecule has 2 N–H and O–H groups in total. The molecule has 2 amide bonds. The highest BCUT2D eigenvalue weighted by Gasteiger charge is 2.13. The molecule has 0 spiro atoms. The molecule has 0 aliphatic carbocycles. The summed E-state index contributed by atoms with van der Waals surface area (Å²) in [7, 11) is 1.84. The number of hydrogen-bond donors (Lipinski definition) is 2. The molecule has 1 aromatic heterocycles. The number of aryl methyl sites for hydroxylation is 2. The van der Waals surface area contributed by atoms with Gasteiger partial charge in [-0.3, -0.25) is 4.68 Å². The van der Waals surface area contributed by atoms with E-state index in [2.05, 4.69) is 15.7 Å². The topological polar surface area (TPSA) is 59.0 Å². The van der Waals surface area contributed by atoms with Crippen LogP contribution in [0.2, 0.25) is 5.02 Å². The molecule has 0 atom stereocenters. The Morgan fingerprint density at radius 3 is 2.61 bits per heavy atom. The molecule has 0 saturated heterocycles. The first-order valence-electron chi connectivity index (χ1n) is 8.87. The van der Waals surface area contributed by atoms with Crippen LogP contribution in [0.3, 0.4) is 0 Å².